The van der Waals surface area contributed by atoms with Crippen LogP contribution in [0.3, 0.4) is 0 Å². The lowest BCUT2D eigenvalue weighted by Gasteiger charge is -2.38. The average Bonchev–Trinajstić information content (AvgIpc) is 3.13. The number of amides is 2. The van der Waals surface area contributed by atoms with Crippen LogP contribution in [0.2, 0.25) is 10.0 Å². The minimum Gasteiger partial charge on any atom is -0.465 e. The number of ketones is 1. The van der Waals surface area contributed by atoms with Gasteiger partial charge >= 0.3 is 6.09 Å². The second-order valence-electron chi connectivity index (χ2n) is 6.88. The molecule has 28 heavy (non-hydrogen) atoms. The molecule has 2 N–H and O–H groups in total. The summed E-state index contributed by atoms with van der Waals surface area (Å²) in [5, 5.41) is 11.8. The standard InChI is InChI=1S/C19H18Cl2N2O5/c1-19(22-18(26)27)7-9-23(10-8-19)17(25)14-6-5-13(28-14)16(24)11-3-2-4-12(20)15(11)21/h2-6,22H,7-10H2,1H3,(H,26,27). The van der Waals surface area contributed by atoms with Gasteiger partial charge in [0.1, 0.15) is 0 Å². The van der Waals surface area contributed by atoms with Gasteiger partial charge in [-0.05, 0) is 44.0 Å². The predicted molar refractivity (Wildman–Crippen MR) is 103 cm³/mol. The zero-order valence-corrected chi connectivity index (χ0v) is 16.5. The van der Waals surface area contributed by atoms with E-state index in [9.17, 15) is 14.4 Å². The summed E-state index contributed by atoms with van der Waals surface area (Å²) in [5.41, 5.74) is -0.382. The Hall–Kier alpha value is -2.51. The number of hydrogen-bond donors (Lipinski definition) is 2. The number of furan rings is 1. The molecule has 0 atom stereocenters. The number of benzene rings is 1. The molecular formula is C19H18Cl2N2O5. The van der Waals surface area contributed by atoms with Gasteiger partial charge in [0.15, 0.2) is 11.5 Å². The highest BCUT2D eigenvalue weighted by atomic mass is 35.5. The molecule has 1 fully saturated rings. The number of carbonyl (C=O) groups excluding carboxylic acids is 2. The Morgan fingerprint density at radius 2 is 1.75 bits per heavy atom. The van der Waals surface area contributed by atoms with Gasteiger partial charge in [0.25, 0.3) is 5.91 Å². The van der Waals surface area contributed by atoms with Crippen molar-refractivity contribution in [2.24, 2.45) is 0 Å². The maximum absolute atomic E-state index is 12.7. The molecule has 1 aliphatic rings. The molecule has 0 bridgehead atoms. The van der Waals surface area contributed by atoms with Crippen molar-refractivity contribution in [1.82, 2.24) is 10.2 Å². The average molecular weight is 425 g/mol. The van der Waals surface area contributed by atoms with Crippen LogP contribution < -0.4 is 5.32 Å². The van der Waals surface area contributed by atoms with E-state index in [1.165, 1.54) is 18.2 Å². The highest BCUT2D eigenvalue weighted by Gasteiger charge is 2.34. The van der Waals surface area contributed by atoms with Crippen molar-refractivity contribution in [3.8, 4) is 0 Å². The van der Waals surface area contributed by atoms with Crippen LogP contribution in [0.5, 0.6) is 0 Å². The van der Waals surface area contributed by atoms with E-state index >= 15 is 0 Å². The molecule has 0 aliphatic carbocycles. The highest BCUT2D eigenvalue weighted by molar-refractivity contribution is 6.44. The molecule has 0 unspecified atom stereocenters. The van der Waals surface area contributed by atoms with Crippen LogP contribution in [-0.4, -0.2) is 46.4 Å². The lowest BCUT2D eigenvalue weighted by Crippen LogP contribution is -2.54. The Morgan fingerprint density at radius 3 is 2.39 bits per heavy atom. The van der Waals surface area contributed by atoms with Crippen molar-refractivity contribution < 1.29 is 23.9 Å². The van der Waals surface area contributed by atoms with Gasteiger partial charge in [-0.2, -0.15) is 0 Å². The second kappa shape index (κ2) is 7.85. The van der Waals surface area contributed by atoms with Crippen LogP contribution in [0.25, 0.3) is 0 Å². The van der Waals surface area contributed by atoms with Crippen LogP contribution in [0.15, 0.2) is 34.7 Å². The number of piperidine rings is 1. The van der Waals surface area contributed by atoms with E-state index in [0.717, 1.165) is 0 Å². The van der Waals surface area contributed by atoms with E-state index in [-0.39, 0.29) is 33.0 Å². The lowest BCUT2D eigenvalue weighted by atomic mass is 9.89. The van der Waals surface area contributed by atoms with Crippen LogP contribution in [0.1, 0.15) is 46.4 Å². The number of rotatable bonds is 4. The second-order valence-corrected chi connectivity index (χ2v) is 7.66. The summed E-state index contributed by atoms with van der Waals surface area (Å²) in [6.45, 7) is 2.56. The third kappa shape index (κ3) is 4.15. The largest absolute Gasteiger partial charge is 0.465 e. The van der Waals surface area contributed by atoms with Gasteiger partial charge in [-0.15, -0.1) is 0 Å². The summed E-state index contributed by atoms with van der Waals surface area (Å²) in [6, 6.07) is 7.57. The van der Waals surface area contributed by atoms with Crippen molar-refractivity contribution >= 4 is 41.0 Å². The number of likely N-dealkylation sites (tertiary alicyclic amines) is 1. The first kappa shape index (κ1) is 20.2. The Bertz CT molecular complexity index is 932. The number of carboxylic acid groups (broad SMARTS) is 1. The Kier molecular flexibility index (Phi) is 5.67. The zero-order chi connectivity index (χ0) is 20.5. The van der Waals surface area contributed by atoms with Crippen LogP contribution in [0, 0.1) is 0 Å². The van der Waals surface area contributed by atoms with Crippen LogP contribution >= 0.6 is 23.2 Å². The fourth-order valence-electron chi connectivity index (χ4n) is 3.13. The van der Waals surface area contributed by atoms with Crippen molar-refractivity contribution in [3.05, 3.63) is 57.5 Å². The van der Waals surface area contributed by atoms with E-state index in [0.29, 0.717) is 25.9 Å². The smallest absolute Gasteiger partial charge is 0.405 e. The number of carbonyl (C=O) groups is 3. The summed E-state index contributed by atoms with van der Waals surface area (Å²) < 4.78 is 5.47. The van der Waals surface area contributed by atoms with Gasteiger partial charge in [-0.25, -0.2) is 4.79 Å². The van der Waals surface area contributed by atoms with Crippen molar-refractivity contribution in [3.63, 3.8) is 0 Å². The SMILES string of the molecule is CC1(NC(=O)O)CCN(C(=O)c2ccc(C(=O)c3cccc(Cl)c3Cl)o2)CC1. The third-order valence-corrected chi connectivity index (χ3v) is 5.62. The fraction of sp³-hybridized carbons (Fsp3) is 0.316. The number of hydrogen-bond acceptors (Lipinski definition) is 4. The minimum absolute atomic E-state index is 0.0121. The molecule has 2 aromatic rings. The molecular weight excluding hydrogens is 407 g/mol. The van der Waals surface area contributed by atoms with Gasteiger partial charge < -0.3 is 19.7 Å². The summed E-state index contributed by atoms with van der Waals surface area (Å²) in [5.74, 6) is -0.796. The van der Waals surface area contributed by atoms with Crippen molar-refractivity contribution in [2.45, 2.75) is 25.3 Å². The first-order chi connectivity index (χ1) is 13.2. The van der Waals surface area contributed by atoms with Crippen LogP contribution in [-0.2, 0) is 0 Å². The van der Waals surface area contributed by atoms with Crippen LogP contribution in [0.4, 0.5) is 4.79 Å². The van der Waals surface area contributed by atoms with Gasteiger partial charge in [0, 0.05) is 24.2 Å². The summed E-state index contributed by atoms with van der Waals surface area (Å²) >= 11 is 12.0. The summed E-state index contributed by atoms with van der Waals surface area (Å²) in [4.78, 5) is 37.7. The number of nitrogens with zero attached hydrogens (tertiary/aromatic N) is 1. The minimum atomic E-state index is -1.09. The molecule has 1 aromatic heterocycles. The van der Waals surface area contributed by atoms with Gasteiger partial charge in [-0.3, -0.25) is 9.59 Å². The van der Waals surface area contributed by atoms with E-state index in [1.54, 1.807) is 24.0 Å². The van der Waals surface area contributed by atoms with E-state index in [4.69, 9.17) is 32.7 Å². The molecule has 2 amide bonds. The molecule has 0 spiro atoms. The van der Waals surface area contributed by atoms with Gasteiger partial charge in [-0.1, -0.05) is 29.3 Å². The molecule has 3 rings (SSSR count). The molecule has 1 aliphatic heterocycles. The molecule has 7 nitrogen and oxygen atoms in total. The summed E-state index contributed by atoms with van der Waals surface area (Å²) in [6.07, 6.45) is -0.123. The first-order valence-electron chi connectivity index (χ1n) is 8.59. The molecule has 2 heterocycles. The van der Waals surface area contributed by atoms with Crippen molar-refractivity contribution in [1.29, 1.82) is 0 Å². The van der Waals surface area contributed by atoms with Gasteiger partial charge in [0.05, 0.1) is 10.0 Å². The summed E-state index contributed by atoms with van der Waals surface area (Å²) in [7, 11) is 0. The lowest BCUT2D eigenvalue weighted by molar-refractivity contribution is 0.0624. The molecule has 9 heteroatoms. The predicted octanol–water partition coefficient (Wildman–Crippen LogP) is 4.08. The Balaban J connectivity index is 1.70. The molecule has 148 valence electrons. The van der Waals surface area contributed by atoms with Gasteiger partial charge in [0.2, 0.25) is 5.78 Å². The third-order valence-electron chi connectivity index (χ3n) is 4.80. The monoisotopic (exact) mass is 424 g/mol. The number of nitrogens with one attached hydrogen (secondary N) is 1. The fourth-order valence-corrected chi connectivity index (χ4v) is 3.52. The van der Waals surface area contributed by atoms with E-state index in [2.05, 4.69) is 5.32 Å². The maximum Gasteiger partial charge on any atom is 0.405 e. The molecule has 1 saturated heterocycles. The van der Waals surface area contributed by atoms with E-state index < -0.39 is 17.4 Å². The quantitative estimate of drug-likeness (QED) is 0.720. The molecule has 0 radical (unpaired) electrons. The maximum atomic E-state index is 12.7. The topological polar surface area (TPSA) is 99.9 Å². The zero-order valence-electron chi connectivity index (χ0n) is 15.0. The first-order valence-corrected chi connectivity index (χ1v) is 9.35. The molecule has 0 saturated carbocycles. The molecule has 1 aromatic carbocycles. The Labute approximate surface area is 171 Å². The van der Waals surface area contributed by atoms with Crippen molar-refractivity contribution in [2.75, 3.05) is 13.1 Å². The normalized spacial score (nSPS) is 15.9. The van der Waals surface area contributed by atoms with E-state index in [1.807, 2.05) is 0 Å². The number of halogens is 2. The highest BCUT2D eigenvalue weighted by Crippen LogP contribution is 2.28. The Morgan fingerprint density at radius 1 is 1.11 bits per heavy atom.